The fraction of sp³-hybridized carbons (Fsp3) is 0.353. The number of aryl methyl sites for hydroxylation is 1. The highest BCUT2D eigenvalue weighted by Crippen LogP contribution is 2.33. The number of hydrogen-bond acceptors (Lipinski definition) is 7. The second-order valence-corrected chi connectivity index (χ2v) is 7.70. The largest absolute Gasteiger partial charge is 0.444 e. The fourth-order valence-electron chi connectivity index (χ4n) is 2.02. The fourth-order valence-corrected chi connectivity index (χ4v) is 2.97. The van der Waals surface area contributed by atoms with Crippen molar-refractivity contribution in [3.63, 3.8) is 0 Å². The zero-order valence-corrected chi connectivity index (χ0v) is 16.0. The first-order valence-electron chi connectivity index (χ1n) is 7.78. The van der Waals surface area contributed by atoms with E-state index >= 15 is 0 Å². The van der Waals surface area contributed by atoms with Crippen LogP contribution in [0.25, 0.3) is 0 Å². The van der Waals surface area contributed by atoms with Crippen LogP contribution in [0.15, 0.2) is 28.8 Å². The molecule has 1 aromatic carbocycles. The lowest BCUT2D eigenvalue weighted by molar-refractivity contribution is 0.468. The number of benzene rings is 1. The van der Waals surface area contributed by atoms with E-state index in [1.807, 2.05) is 13.0 Å². The van der Waals surface area contributed by atoms with Gasteiger partial charge >= 0.3 is 0 Å². The molecule has 0 radical (unpaired) electrons. The Bertz CT molecular complexity index is 870. The maximum absolute atomic E-state index is 6.32. The quantitative estimate of drug-likeness (QED) is 0.658. The standard InChI is InChI=1S/C17H19ClN4O2S/c1-10-19-8-12(23-10)9-20-11-5-6-14(13(18)7-11)24-16-21-15(22-25-16)17(2,3)4/h5-8,20H,9H2,1-4H3. The van der Waals surface area contributed by atoms with Crippen LogP contribution < -0.4 is 10.1 Å². The molecule has 25 heavy (non-hydrogen) atoms. The van der Waals surface area contributed by atoms with Gasteiger partial charge in [0.1, 0.15) is 11.5 Å². The Kier molecular flexibility index (Phi) is 4.96. The zero-order chi connectivity index (χ0) is 18.0. The third-order valence-electron chi connectivity index (χ3n) is 3.34. The highest BCUT2D eigenvalue weighted by Gasteiger charge is 2.20. The van der Waals surface area contributed by atoms with Crippen molar-refractivity contribution in [2.24, 2.45) is 0 Å². The van der Waals surface area contributed by atoms with Gasteiger partial charge < -0.3 is 14.5 Å². The Morgan fingerprint density at radius 2 is 2.12 bits per heavy atom. The normalized spacial score (nSPS) is 11.6. The second-order valence-electron chi connectivity index (χ2n) is 6.58. The van der Waals surface area contributed by atoms with Gasteiger partial charge in [-0.3, -0.25) is 0 Å². The van der Waals surface area contributed by atoms with Crippen LogP contribution in [0.2, 0.25) is 5.02 Å². The van der Waals surface area contributed by atoms with Crippen LogP contribution in [0, 0.1) is 6.92 Å². The SMILES string of the molecule is Cc1ncc(CNc2ccc(Oc3nc(C(C)(C)C)ns3)c(Cl)c2)o1. The summed E-state index contributed by atoms with van der Waals surface area (Å²) in [5.41, 5.74) is 0.744. The third kappa shape index (κ3) is 4.49. The van der Waals surface area contributed by atoms with E-state index < -0.39 is 0 Å². The van der Waals surface area contributed by atoms with E-state index in [0.717, 1.165) is 17.3 Å². The summed E-state index contributed by atoms with van der Waals surface area (Å²) in [7, 11) is 0. The summed E-state index contributed by atoms with van der Waals surface area (Å²) in [4.78, 5) is 8.47. The van der Waals surface area contributed by atoms with E-state index in [0.29, 0.717) is 28.4 Å². The average Bonchev–Trinajstić information content (AvgIpc) is 3.16. The number of hydrogen-bond donors (Lipinski definition) is 1. The van der Waals surface area contributed by atoms with Crippen molar-refractivity contribution in [2.45, 2.75) is 39.7 Å². The van der Waals surface area contributed by atoms with E-state index in [2.05, 4.69) is 40.4 Å². The smallest absolute Gasteiger partial charge is 0.298 e. The molecule has 0 spiro atoms. The van der Waals surface area contributed by atoms with Crippen molar-refractivity contribution in [2.75, 3.05) is 5.32 Å². The van der Waals surface area contributed by atoms with Crippen LogP contribution in [0.4, 0.5) is 5.69 Å². The summed E-state index contributed by atoms with van der Waals surface area (Å²) < 4.78 is 15.5. The lowest BCUT2D eigenvalue weighted by Crippen LogP contribution is -2.12. The van der Waals surface area contributed by atoms with E-state index in [9.17, 15) is 0 Å². The van der Waals surface area contributed by atoms with Gasteiger partial charge in [0.2, 0.25) is 0 Å². The predicted molar refractivity (Wildman–Crippen MR) is 98.7 cm³/mol. The number of nitrogens with zero attached hydrogens (tertiary/aromatic N) is 3. The van der Waals surface area contributed by atoms with E-state index in [-0.39, 0.29) is 5.41 Å². The first-order chi connectivity index (χ1) is 11.8. The van der Waals surface area contributed by atoms with Crippen molar-refractivity contribution >= 4 is 28.8 Å². The molecular weight excluding hydrogens is 360 g/mol. The number of oxazole rings is 1. The molecular formula is C17H19ClN4O2S. The molecule has 132 valence electrons. The number of anilines is 1. The predicted octanol–water partition coefficient (Wildman–Crippen LogP) is 5.19. The number of halogens is 1. The molecule has 6 nitrogen and oxygen atoms in total. The lowest BCUT2D eigenvalue weighted by Gasteiger charge is -2.12. The van der Waals surface area contributed by atoms with Crippen molar-refractivity contribution in [3.05, 3.63) is 46.9 Å². The molecule has 2 aromatic heterocycles. The van der Waals surface area contributed by atoms with Gasteiger partial charge in [-0.2, -0.15) is 9.36 Å². The van der Waals surface area contributed by atoms with Crippen LogP contribution in [-0.2, 0) is 12.0 Å². The monoisotopic (exact) mass is 378 g/mol. The molecule has 0 aliphatic carbocycles. The van der Waals surface area contributed by atoms with Crippen LogP contribution in [0.1, 0.15) is 38.2 Å². The Labute approximate surface area is 155 Å². The minimum absolute atomic E-state index is 0.116. The van der Waals surface area contributed by atoms with Crippen molar-refractivity contribution in [1.29, 1.82) is 0 Å². The molecule has 0 unspecified atom stereocenters. The molecule has 0 bridgehead atoms. The molecule has 0 amide bonds. The molecule has 3 aromatic rings. The first-order valence-corrected chi connectivity index (χ1v) is 8.93. The van der Waals surface area contributed by atoms with Crippen LogP contribution in [0.5, 0.6) is 10.9 Å². The topological polar surface area (TPSA) is 73.1 Å². The summed E-state index contributed by atoms with van der Waals surface area (Å²) in [6, 6.07) is 5.48. The molecule has 0 atom stereocenters. The Balaban J connectivity index is 1.66. The van der Waals surface area contributed by atoms with Crippen molar-refractivity contribution < 1.29 is 9.15 Å². The molecule has 0 aliphatic rings. The van der Waals surface area contributed by atoms with Gasteiger partial charge in [-0.05, 0) is 18.2 Å². The van der Waals surface area contributed by atoms with Gasteiger partial charge in [-0.25, -0.2) is 4.98 Å². The third-order valence-corrected chi connectivity index (χ3v) is 4.23. The van der Waals surface area contributed by atoms with E-state index in [1.54, 1.807) is 18.3 Å². The molecule has 2 heterocycles. The first kappa shape index (κ1) is 17.7. The Hall–Kier alpha value is -2.12. The summed E-state index contributed by atoms with van der Waals surface area (Å²) in [6.45, 7) is 8.51. The maximum atomic E-state index is 6.32. The molecule has 1 N–H and O–H groups in total. The van der Waals surface area contributed by atoms with Gasteiger partial charge in [0, 0.05) is 29.6 Å². The molecule has 0 aliphatic heterocycles. The molecule has 0 fully saturated rings. The second kappa shape index (κ2) is 7.01. The van der Waals surface area contributed by atoms with E-state index in [4.69, 9.17) is 20.8 Å². The average molecular weight is 379 g/mol. The van der Waals surface area contributed by atoms with Gasteiger partial charge in [-0.1, -0.05) is 32.4 Å². The molecule has 0 saturated heterocycles. The van der Waals surface area contributed by atoms with Crippen molar-refractivity contribution in [1.82, 2.24) is 14.3 Å². The van der Waals surface area contributed by atoms with Crippen LogP contribution >= 0.6 is 23.1 Å². The number of rotatable bonds is 5. The summed E-state index contributed by atoms with van der Waals surface area (Å²) in [5.74, 6) is 2.70. The van der Waals surface area contributed by atoms with Gasteiger partial charge in [-0.15, -0.1) is 0 Å². The number of aromatic nitrogens is 3. The minimum atomic E-state index is -0.116. The number of ether oxygens (including phenoxy) is 1. The molecule has 8 heteroatoms. The highest BCUT2D eigenvalue weighted by atomic mass is 35.5. The number of nitrogens with one attached hydrogen (secondary N) is 1. The summed E-state index contributed by atoms with van der Waals surface area (Å²) in [6.07, 6.45) is 1.70. The lowest BCUT2D eigenvalue weighted by atomic mass is 9.96. The highest BCUT2D eigenvalue weighted by molar-refractivity contribution is 7.07. The van der Waals surface area contributed by atoms with Crippen molar-refractivity contribution in [3.8, 4) is 10.9 Å². The van der Waals surface area contributed by atoms with Gasteiger partial charge in [0.25, 0.3) is 5.19 Å². The summed E-state index contributed by atoms with van der Waals surface area (Å²) >= 11 is 7.53. The molecule has 3 rings (SSSR count). The van der Waals surface area contributed by atoms with Crippen LogP contribution in [-0.4, -0.2) is 14.3 Å². The van der Waals surface area contributed by atoms with E-state index in [1.165, 1.54) is 11.5 Å². The summed E-state index contributed by atoms with van der Waals surface area (Å²) in [5, 5.41) is 4.20. The molecule has 0 saturated carbocycles. The van der Waals surface area contributed by atoms with Gasteiger partial charge in [0.15, 0.2) is 11.7 Å². The zero-order valence-electron chi connectivity index (χ0n) is 14.5. The minimum Gasteiger partial charge on any atom is -0.444 e. The van der Waals surface area contributed by atoms with Gasteiger partial charge in [0.05, 0.1) is 17.8 Å². The van der Waals surface area contributed by atoms with Crippen LogP contribution in [0.3, 0.4) is 0 Å². The maximum Gasteiger partial charge on any atom is 0.298 e. The Morgan fingerprint density at radius 1 is 1.32 bits per heavy atom. The Morgan fingerprint density at radius 3 is 2.72 bits per heavy atom.